The highest BCUT2D eigenvalue weighted by molar-refractivity contribution is 7.92. The molecule has 0 radical (unpaired) electrons. The predicted octanol–water partition coefficient (Wildman–Crippen LogP) is 5.59. The van der Waals surface area contributed by atoms with Crippen LogP contribution in [0.25, 0.3) is 0 Å². The number of carbonyl (C=O) groups excluding carboxylic acids is 2. The second kappa shape index (κ2) is 13.2. The molecule has 3 aromatic rings. The third-order valence-corrected chi connectivity index (χ3v) is 7.86. The van der Waals surface area contributed by atoms with E-state index >= 15 is 0 Å². The number of hydrogen-bond acceptors (Lipinski definition) is 4. The summed E-state index contributed by atoms with van der Waals surface area (Å²) in [5, 5.41) is 3.43. The zero-order valence-corrected chi connectivity index (χ0v) is 25.3. The smallest absolute Gasteiger partial charge is 0.244 e. The van der Waals surface area contributed by atoms with E-state index in [9.17, 15) is 26.8 Å². The van der Waals surface area contributed by atoms with Gasteiger partial charge in [0.25, 0.3) is 0 Å². The molecule has 0 saturated heterocycles. The number of carbonyl (C=O) groups is 2. The summed E-state index contributed by atoms with van der Waals surface area (Å²) in [5.41, 5.74) is 0.407. The second-order valence-electron chi connectivity index (χ2n) is 10.6. The van der Waals surface area contributed by atoms with Gasteiger partial charge >= 0.3 is 0 Å². The van der Waals surface area contributed by atoms with Crippen molar-refractivity contribution in [3.8, 4) is 0 Å². The molecule has 3 rings (SSSR count). The number of halogens is 4. The van der Waals surface area contributed by atoms with Gasteiger partial charge in [0.15, 0.2) is 11.6 Å². The molecule has 0 fully saturated rings. The Kier molecular flexibility index (Phi) is 10.4. The van der Waals surface area contributed by atoms with E-state index in [1.54, 1.807) is 51.1 Å². The average Bonchev–Trinajstić information content (AvgIpc) is 2.87. The lowest BCUT2D eigenvalue weighted by Gasteiger charge is -2.35. The molecule has 0 aromatic heterocycles. The molecule has 0 aliphatic carbocycles. The monoisotopic (exact) mass is 625 g/mol. The third kappa shape index (κ3) is 9.14. The molecule has 3 aromatic carbocycles. The molecular formula is C29H31Cl2F2N3O4S. The quantitative estimate of drug-likeness (QED) is 0.318. The van der Waals surface area contributed by atoms with Crippen LogP contribution in [0.3, 0.4) is 0 Å². The van der Waals surface area contributed by atoms with Crippen LogP contribution in [0.15, 0.2) is 66.7 Å². The topological polar surface area (TPSA) is 86.8 Å². The van der Waals surface area contributed by atoms with Crippen molar-refractivity contribution in [3.05, 3.63) is 99.5 Å². The lowest BCUT2D eigenvalue weighted by molar-refractivity contribution is -0.140. The summed E-state index contributed by atoms with van der Waals surface area (Å²) in [4.78, 5) is 28.9. The Morgan fingerprint density at radius 1 is 0.902 bits per heavy atom. The molecule has 0 spiro atoms. The summed E-state index contributed by atoms with van der Waals surface area (Å²) in [6.07, 6.45) is 0.957. The average molecular weight is 627 g/mol. The van der Waals surface area contributed by atoms with Crippen LogP contribution in [-0.4, -0.2) is 49.5 Å². The minimum Gasteiger partial charge on any atom is -0.350 e. The maximum absolute atomic E-state index is 14.0. The minimum absolute atomic E-state index is 0.111. The molecule has 1 N–H and O–H groups in total. The first-order valence-corrected chi connectivity index (χ1v) is 15.2. The zero-order valence-electron chi connectivity index (χ0n) is 23.0. The fraction of sp³-hybridized carbons (Fsp3) is 0.310. The van der Waals surface area contributed by atoms with E-state index in [-0.39, 0.29) is 23.7 Å². The van der Waals surface area contributed by atoms with Crippen molar-refractivity contribution in [2.45, 2.75) is 45.3 Å². The third-order valence-electron chi connectivity index (χ3n) is 5.98. The summed E-state index contributed by atoms with van der Waals surface area (Å²) in [5.74, 6) is -3.66. The first kappa shape index (κ1) is 32.3. The number of nitrogens with zero attached hydrogens (tertiary/aromatic N) is 2. The van der Waals surface area contributed by atoms with E-state index < -0.39 is 51.6 Å². The van der Waals surface area contributed by atoms with E-state index in [2.05, 4.69) is 5.32 Å². The molecular weight excluding hydrogens is 595 g/mol. The van der Waals surface area contributed by atoms with Crippen LogP contribution in [0.5, 0.6) is 0 Å². The lowest BCUT2D eigenvalue weighted by atomic mass is 10.0. The molecule has 0 unspecified atom stereocenters. The lowest BCUT2D eigenvalue weighted by Crippen LogP contribution is -2.56. The number of sulfonamides is 1. The normalized spacial score (nSPS) is 12.5. The van der Waals surface area contributed by atoms with Crippen LogP contribution in [0.2, 0.25) is 10.0 Å². The van der Waals surface area contributed by atoms with Crippen molar-refractivity contribution in [3.63, 3.8) is 0 Å². The van der Waals surface area contributed by atoms with Gasteiger partial charge in [-0.1, -0.05) is 59.6 Å². The van der Waals surface area contributed by atoms with Crippen LogP contribution >= 0.6 is 23.2 Å². The summed E-state index contributed by atoms with van der Waals surface area (Å²) in [6.45, 7) is 4.48. The van der Waals surface area contributed by atoms with Gasteiger partial charge in [-0.15, -0.1) is 0 Å². The number of rotatable bonds is 10. The fourth-order valence-corrected chi connectivity index (χ4v) is 5.26. The highest BCUT2D eigenvalue weighted by Crippen LogP contribution is 2.26. The first-order chi connectivity index (χ1) is 19.0. The summed E-state index contributed by atoms with van der Waals surface area (Å²) in [7, 11) is -4.14. The van der Waals surface area contributed by atoms with Gasteiger partial charge in [0.05, 0.1) is 22.0 Å². The number of nitrogens with one attached hydrogen (secondary N) is 1. The van der Waals surface area contributed by atoms with Gasteiger partial charge in [0, 0.05) is 24.6 Å². The number of benzene rings is 3. The van der Waals surface area contributed by atoms with E-state index in [1.165, 1.54) is 4.90 Å². The largest absolute Gasteiger partial charge is 0.350 e. The highest BCUT2D eigenvalue weighted by atomic mass is 35.5. The van der Waals surface area contributed by atoms with Crippen LogP contribution in [0.4, 0.5) is 14.5 Å². The SMILES string of the molecule is CC(C)(C)NC(=O)[C@@H](Cc1ccccc1)N(Cc1ccc(Cl)c(Cl)c1)C(=O)CN(c1ccc(F)c(F)c1)S(C)(=O)=O. The Bertz CT molecular complexity index is 1520. The molecule has 7 nitrogen and oxygen atoms in total. The second-order valence-corrected chi connectivity index (χ2v) is 13.3. The van der Waals surface area contributed by atoms with Crippen molar-refractivity contribution >= 4 is 50.7 Å². The van der Waals surface area contributed by atoms with Crippen molar-refractivity contribution < 1.29 is 26.8 Å². The van der Waals surface area contributed by atoms with Crippen molar-refractivity contribution in [1.82, 2.24) is 10.2 Å². The number of hydrogen-bond donors (Lipinski definition) is 1. The van der Waals surface area contributed by atoms with Gasteiger partial charge in [0.1, 0.15) is 12.6 Å². The van der Waals surface area contributed by atoms with E-state index in [0.29, 0.717) is 21.0 Å². The number of anilines is 1. The summed E-state index contributed by atoms with van der Waals surface area (Å²) >= 11 is 12.3. The van der Waals surface area contributed by atoms with E-state index in [4.69, 9.17) is 23.2 Å². The molecule has 41 heavy (non-hydrogen) atoms. The Hall–Kier alpha value is -3.21. The standard InChI is InChI=1S/C29H31Cl2F2N3O4S/c1-29(2,3)34-28(38)26(15-19-8-6-5-7-9-19)35(17-20-10-12-22(30)23(31)14-20)27(37)18-36(41(4,39)40)21-11-13-24(32)25(33)16-21/h5-14,16,26H,15,17-18H2,1-4H3,(H,34,38)/t26-/m1/s1. The van der Waals surface area contributed by atoms with E-state index in [0.717, 1.165) is 24.0 Å². The Morgan fingerprint density at radius 3 is 2.12 bits per heavy atom. The number of amides is 2. The fourth-order valence-electron chi connectivity index (χ4n) is 4.10. The summed E-state index contributed by atoms with van der Waals surface area (Å²) < 4.78 is 53.8. The Labute approximate surface area is 249 Å². The van der Waals surface area contributed by atoms with Gasteiger partial charge in [-0.25, -0.2) is 17.2 Å². The van der Waals surface area contributed by atoms with Crippen LogP contribution in [0, 0.1) is 11.6 Å². The molecule has 2 amide bonds. The van der Waals surface area contributed by atoms with E-state index in [1.807, 2.05) is 18.2 Å². The van der Waals surface area contributed by atoms with Crippen LogP contribution < -0.4 is 9.62 Å². The predicted molar refractivity (Wildman–Crippen MR) is 157 cm³/mol. The maximum Gasteiger partial charge on any atom is 0.244 e. The van der Waals surface area contributed by atoms with Gasteiger partial charge in [-0.3, -0.25) is 13.9 Å². The molecule has 0 saturated carbocycles. The van der Waals surface area contributed by atoms with Crippen molar-refractivity contribution in [2.24, 2.45) is 0 Å². The molecule has 220 valence electrons. The summed E-state index contributed by atoms with van der Waals surface area (Å²) in [6, 6.07) is 15.2. The zero-order chi connectivity index (χ0) is 30.5. The van der Waals surface area contributed by atoms with Gasteiger partial charge < -0.3 is 10.2 Å². The minimum atomic E-state index is -4.14. The molecule has 1 atom stereocenters. The van der Waals surface area contributed by atoms with Crippen LogP contribution in [0.1, 0.15) is 31.9 Å². The first-order valence-electron chi connectivity index (χ1n) is 12.6. The Balaban J connectivity index is 2.10. The molecule has 0 aliphatic heterocycles. The molecule has 0 heterocycles. The van der Waals surface area contributed by atoms with Gasteiger partial charge in [-0.05, 0) is 56.2 Å². The van der Waals surface area contributed by atoms with Gasteiger partial charge in [-0.2, -0.15) is 0 Å². The molecule has 0 aliphatic rings. The van der Waals surface area contributed by atoms with Crippen LogP contribution in [-0.2, 0) is 32.6 Å². The Morgan fingerprint density at radius 2 is 1.56 bits per heavy atom. The van der Waals surface area contributed by atoms with Gasteiger partial charge in [0.2, 0.25) is 21.8 Å². The molecule has 0 bridgehead atoms. The van der Waals surface area contributed by atoms with Crippen molar-refractivity contribution in [2.75, 3.05) is 17.1 Å². The molecule has 12 heteroatoms. The van der Waals surface area contributed by atoms with Crippen molar-refractivity contribution in [1.29, 1.82) is 0 Å². The maximum atomic E-state index is 14.0. The highest BCUT2D eigenvalue weighted by Gasteiger charge is 2.34.